The molecule has 0 saturated carbocycles. The smallest absolute Gasteiger partial charge is 0.244 e. The molecule has 0 spiro atoms. The van der Waals surface area contributed by atoms with Gasteiger partial charge in [-0.25, -0.2) is 26.8 Å². The molecule has 0 saturated heterocycles. The van der Waals surface area contributed by atoms with Crippen LogP contribution in [-0.4, -0.2) is 39.3 Å². The second-order valence-corrected chi connectivity index (χ2v) is 10.9. The average molecular weight is 454 g/mol. The summed E-state index contributed by atoms with van der Waals surface area (Å²) < 4.78 is 49.0. The van der Waals surface area contributed by atoms with E-state index < -0.39 is 20.0 Å². The molecular weight excluding hydrogens is 434 g/mol. The quantitative estimate of drug-likeness (QED) is 0.457. The summed E-state index contributed by atoms with van der Waals surface area (Å²) >= 11 is 0. The summed E-state index contributed by atoms with van der Waals surface area (Å²) in [5, 5.41) is 0. The van der Waals surface area contributed by atoms with E-state index in [4.69, 9.17) is 9.97 Å². The predicted molar refractivity (Wildman–Crippen MR) is 123 cm³/mol. The summed E-state index contributed by atoms with van der Waals surface area (Å²) in [4.78, 5) is 9.52. The number of benzene rings is 3. The Hall–Kier alpha value is -3.30. The van der Waals surface area contributed by atoms with Gasteiger partial charge >= 0.3 is 0 Å². The standard InChI is InChI=1S/C22H19N3O4S2/c1-30(26,27)25(31(2,28)29)18-13-14-19-20(15-18)24-22(17-11-7-4-8-12-17)21(23-19)16-9-5-3-6-10-16/h3-15H,1-2H3. The van der Waals surface area contributed by atoms with E-state index >= 15 is 0 Å². The first-order valence-electron chi connectivity index (χ1n) is 9.28. The van der Waals surface area contributed by atoms with Crippen LogP contribution in [0.5, 0.6) is 0 Å². The van der Waals surface area contributed by atoms with E-state index in [1.54, 1.807) is 6.07 Å². The molecule has 0 aliphatic carbocycles. The molecule has 4 aromatic rings. The summed E-state index contributed by atoms with van der Waals surface area (Å²) in [5.41, 5.74) is 3.89. The van der Waals surface area contributed by atoms with E-state index in [0.29, 0.717) is 26.1 Å². The minimum Gasteiger partial charge on any atom is -0.244 e. The molecule has 0 amide bonds. The summed E-state index contributed by atoms with van der Waals surface area (Å²) in [6.45, 7) is 0. The van der Waals surface area contributed by atoms with Crippen LogP contribution in [-0.2, 0) is 20.0 Å². The van der Waals surface area contributed by atoms with Crippen LogP contribution in [0.15, 0.2) is 78.9 Å². The fourth-order valence-electron chi connectivity index (χ4n) is 3.38. The second-order valence-electron chi connectivity index (χ2n) is 7.05. The largest absolute Gasteiger partial charge is 0.245 e. The van der Waals surface area contributed by atoms with Crippen molar-refractivity contribution in [3.05, 3.63) is 78.9 Å². The molecule has 7 nitrogen and oxygen atoms in total. The summed E-state index contributed by atoms with van der Waals surface area (Å²) in [7, 11) is -8.12. The van der Waals surface area contributed by atoms with Gasteiger partial charge in [0.25, 0.3) is 0 Å². The number of aromatic nitrogens is 2. The van der Waals surface area contributed by atoms with E-state index in [1.807, 2.05) is 60.7 Å². The van der Waals surface area contributed by atoms with Crippen LogP contribution < -0.4 is 3.71 Å². The molecule has 158 valence electrons. The Morgan fingerprint density at radius 1 is 0.613 bits per heavy atom. The molecule has 0 aliphatic rings. The zero-order valence-corrected chi connectivity index (χ0v) is 18.4. The van der Waals surface area contributed by atoms with E-state index in [9.17, 15) is 16.8 Å². The van der Waals surface area contributed by atoms with Gasteiger partial charge in [-0.1, -0.05) is 60.7 Å². The van der Waals surface area contributed by atoms with Crippen LogP contribution >= 0.6 is 0 Å². The highest BCUT2D eigenvalue weighted by Crippen LogP contribution is 2.32. The molecule has 1 aromatic heterocycles. The first-order chi connectivity index (χ1) is 14.6. The van der Waals surface area contributed by atoms with Crippen molar-refractivity contribution < 1.29 is 16.8 Å². The number of fused-ring (bicyclic) bond motifs is 1. The van der Waals surface area contributed by atoms with Crippen molar-refractivity contribution >= 4 is 36.8 Å². The minimum absolute atomic E-state index is 0.0155. The molecular formula is C22H19N3O4S2. The fraction of sp³-hybridized carbons (Fsp3) is 0.0909. The van der Waals surface area contributed by atoms with Crippen molar-refractivity contribution in [2.75, 3.05) is 16.2 Å². The van der Waals surface area contributed by atoms with E-state index in [2.05, 4.69) is 0 Å². The molecule has 0 radical (unpaired) electrons. The van der Waals surface area contributed by atoms with Gasteiger partial charge < -0.3 is 0 Å². The zero-order chi connectivity index (χ0) is 22.2. The van der Waals surface area contributed by atoms with E-state index in [-0.39, 0.29) is 5.69 Å². The molecule has 0 bridgehead atoms. The third-order valence-corrected chi connectivity index (χ3v) is 7.81. The lowest BCUT2D eigenvalue weighted by molar-refractivity contribution is 0.591. The Labute approximate surface area is 181 Å². The predicted octanol–water partition coefficient (Wildman–Crippen LogP) is 3.69. The van der Waals surface area contributed by atoms with Gasteiger partial charge in [0.05, 0.1) is 40.6 Å². The SMILES string of the molecule is CS(=O)(=O)N(c1ccc2nc(-c3ccccc3)c(-c3ccccc3)nc2c1)S(C)(=O)=O. The van der Waals surface area contributed by atoms with Gasteiger partial charge in [0, 0.05) is 11.1 Å². The van der Waals surface area contributed by atoms with E-state index in [0.717, 1.165) is 23.6 Å². The zero-order valence-electron chi connectivity index (χ0n) is 16.8. The van der Waals surface area contributed by atoms with Gasteiger partial charge in [0.1, 0.15) is 0 Å². The van der Waals surface area contributed by atoms with Crippen LogP contribution in [0, 0.1) is 0 Å². The summed E-state index contributed by atoms with van der Waals surface area (Å²) in [5.74, 6) is 0. The lowest BCUT2D eigenvalue weighted by atomic mass is 10.0. The normalized spacial score (nSPS) is 12.1. The van der Waals surface area contributed by atoms with Crippen LogP contribution in [0.3, 0.4) is 0 Å². The maximum atomic E-state index is 12.2. The highest BCUT2D eigenvalue weighted by atomic mass is 32.3. The van der Waals surface area contributed by atoms with Crippen LogP contribution in [0.25, 0.3) is 33.5 Å². The van der Waals surface area contributed by atoms with Crippen LogP contribution in [0.1, 0.15) is 0 Å². The minimum atomic E-state index is -4.06. The second kappa shape index (κ2) is 7.75. The molecule has 0 fully saturated rings. The van der Waals surface area contributed by atoms with Crippen LogP contribution in [0.4, 0.5) is 5.69 Å². The van der Waals surface area contributed by atoms with Gasteiger partial charge in [0.15, 0.2) is 0 Å². The summed E-state index contributed by atoms with van der Waals surface area (Å²) in [6, 6.07) is 23.5. The lowest BCUT2D eigenvalue weighted by Crippen LogP contribution is -2.35. The first-order valence-corrected chi connectivity index (χ1v) is 13.0. The third-order valence-electron chi connectivity index (χ3n) is 4.56. The Bertz CT molecular complexity index is 1440. The number of nitrogens with zero attached hydrogens (tertiary/aromatic N) is 3. The number of anilines is 1. The van der Waals surface area contributed by atoms with Crippen molar-refractivity contribution in [2.24, 2.45) is 0 Å². The molecule has 0 aliphatic heterocycles. The Balaban J connectivity index is 2.00. The Morgan fingerprint density at radius 2 is 1.06 bits per heavy atom. The topological polar surface area (TPSA) is 97.3 Å². The van der Waals surface area contributed by atoms with Crippen molar-refractivity contribution in [1.82, 2.24) is 9.97 Å². The lowest BCUT2D eigenvalue weighted by Gasteiger charge is -2.20. The Kier molecular flexibility index (Phi) is 5.24. The molecule has 4 rings (SSSR count). The fourth-order valence-corrected chi connectivity index (χ4v) is 6.34. The molecule has 9 heteroatoms. The van der Waals surface area contributed by atoms with Crippen LogP contribution in [0.2, 0.25) is 0 Å². The molecule has 31 heavy (non-hydrogen) atoms. The first kappa shape index (κ1) is 21.0. The van der Waals surface area contributed by atoms with Crippen molar-refractivity contribution in [2.45, 2.75) is 0 Å². The molecule has 0 N–H and O–H groups in total. The van der Waals surface area contributed by atoms with E-state index in [1.165, 1.54) is 12.1 Å². The highest BCUT2D eigenvalue weighted by molar-refractivity contribution is 8.09. The van der Waals surface area contributed by atoms with Crippen molar-refractivity contribution in [3.63, 3.8) is 0 Å². The van der Waals surface area contributed by atoms with Gasteiger partial charge in [-0.3, -0.25) is 0 Å². The Morgan fingerprint density at radius 3 is 1.52 bits per heavy atom. The molecule has 1 heterocycles. The summed E-state index contributed by atoms with van der Waals surface area (Å²) in [6.07, 6.45) is 1.69. The molecule has 3 aromatic carbocycles. The maximum Gasteiger partial charge on any atom is 0.245 e. The van der Waals surface area contributed by atoms with Gasteiger partial charge in [-0.15, -0.1) is 0 Å². The maximum absolute atomic E-state index is 12.2. The van der Waals surface area contributed by atoms with Crippen molar-refractivity contribution in [3.8, 4) is 22.5 Å². The number of hydrogen-bond donors (Lipinski definition) is 0. The monoisotopic (exact) mass is 453 g/mol. The molecule has 0 atom stereocenters. The van der Waals surface area contributed by atoms with Gasteiger partial charge in [0.2, 0.25) is 20.0 Å². The molecule has 0 unspecified atom stereocenters. The van der Waals surface area contributed by atoms with Gasteiger partial charge in [-0.2, -0.15) is 3.71 Å². The number of rotatable bonds is 5. The number of hydrogen-bond acceptors (Lipinski definition) is 6. The van der Waals surface area contributed by atoms with Crippen molar-refractivity contribution in [1.29, 1.82) is 0 Å². The highest BCUT2D eigenvalue weighted by Gasteiger charge is 2.27. The third kappa shape index (κ3) is 4.28. The average Bonchev–Trinajstić information content (AvgIpc) is 2.72. The number of sulfonamides is 2. The van der Waals surface area contributed by atoms with Gasteiger partial charge in [-0.05, 0) is 18.2 Å².